The Morgan fingerprint density at radius 3 is 2.57 bits per heavy atom. The Balaban J connectivity index is 1.56. The number of hydrogen-bond donors (Lipinski definition) is 2. The standard InChI is InChI=1S/C21H32O7/c1-4-5-6-11-24-15-9-7-14(8-10-15)13-25-18-17(16(23)12-22)26-20-19(18)27-21(2,3)28-20/h7-10,16-20,22-23H,4-6,11-13H2,1-3H3/t16-,17-,18-,19+,20+/m1/s1. The zero-order chi connectivity index (χ0) is 20.1. The van der Waals surface area contributed by atoms with Crippen LogP contribution in [0.3, 0.4) is 0 Å². The van der Waals surface area contributed by atoms with Gasteiger partial charge in [-0.1, -0.05) is 31.9 Å². The topological polar surface area (TPSA) is 86.6 Å². The summed E-state index contributed by atoms with van der Waals surface area (Å²) in [6, 6.07) is 7.76. The maximum atomic E-state index is 10.1. The third-order valence-corrected chi connectivity index (χ3v) is 4.98. The molecule has 2 heterocycles. The largest absolute Gasteiger partial charge is 0.494 e. The van der Waals surface area contributed by atoms with Gasteiger partial charge >= 0.3 is 0 Å². The highest BCUT2D eigenvalue weighted by Crippen LogP contribution is 2.39. The summed E-state index contributed by atoms with van der Waals surface area (Å²) in [5.41, 5.74) is 0.972. The second-order valence-electron chi connectivity index (χ2n) is 7.79. The molecule has 2 aliphatic heterocycles. The molecule has 28 heavy (non-hydrogen) atoms. The molecule has 158 valence electrons. The van der Waals surface area contributed by atoms with Crippen molar-refractivity contribution < 1.29 is 33.9 Å². The highest BCUT2D eigenvalue weighted by Gasteiger charge is 2.56. The predicted molar refractivity (Wildman–Crippen MR) is 102 cm³/mol. The predicted octanol–water partition coefficient (Wildman–Crippen LogP) is 2.37. The molecule has 5 atom stereocenters. The number of aliphatic hydroxyl groups is 2. The molecule has 1 aromatic carbocycles. The maximum Gasteiger partial charge on any atom is 0.190 e. The lowest BCUT2D eigenvalue weighted by Crippen LogP contribution is -2.44. The van der Waals surface area contributed by atoms with Crippen molar-refractivity contribution in [3.8, 4) is 5.75 Å². The monoisotopic (exact) mass is 396 g/mol. The summed E-state index contributed by atoms with van der Waals surface area (Å²) < 4.78 is 29.1. The van der Waals surface area contributed by atoms with E-state index < -0.39 is 43.1 Å². The number of ether oxygens (including phenoxy) is 5. The highest BCUT2D eigenvalue weighted by atomic mass is 16.8. The summed E-state index contributed by atoms with van der Waals surface area (Å²) in [6.45, 7) is 6.41. The molecule has 2 saturated heterocycles. The lowest BCUT2D eigenvalue weighted by molar-refractivity contribution is -0.232. The molecule has 2 N–H and O–H groups in total. The van der Waals surface area contributed by atoms with Crippen LogP contribution in [0, 0.1) is 0 Å². The van der Waals surface area contributed by atoms with Crippen molar-refractivity contribution in [1.82, 2.24) is 0 Å². The molecule has 2 fully saturated rings. The maximum absolute atomic E-state index is 10.1. The van der Waals surface area contributed by atoms with Gasteiger partial charge in [0.15, 0.2) is 12.1 Å². The second-order valence-corrected chi connectivity index (χ2v) is 7.79. The zero-order valence-corrected chi connectivity index (χ0v) is 16.9. The molecule has 0 aliphatic carbocycles. The van der Waals surface area contributed by atoms with E-state index in [-0.39, 0.29) is 0 Å². The van der Waals surface area contributed by atoms with E-state index >= 15 is 0 Å². The van der Waals surface area contributed by atoms with Crippen molar-refractivity contribution in [2.75, 3.05) is 13.2 Å². The molecule has 7 heteroatoms. The van der Waals surface area contributed by atoms with Crippen LogP contribution >= 0.6 is 0 Å². The Morgan fingerprint density at radius 2 is 1.89 bits per heavy atom. The van der Waals surface area contributed by atoms with Crippen LogP contribution in [0.5, 0.6) is 5.75 Å². The summed E-state index contributed by atoms with van der Waals surface area (Å²) in [5.74, 6) is 0.0648. The molecule has 0 saturated carbocycles. The van der Waals surface area contributed by atoms with Gasteiger partial charge in [0, 0.05) is 0 Å². The molecule has 1 aromatic rings. The SMILES string of the molecule is CCCCCOc1ccc(CO[C@H]2[C@@H]3OC(C)(C)O[C@@H]3O[C@@H]2[C@H](O)CO)cc1. The molecule has 0 aromatic heterocycles. The van der Waals surface area contributed by atoms with Gasteiger partial charge in [-0.25, -0.2) is 0 Å². The minimum Gasteiger partial charge on any atom is -0.494 e. The Bertz CT molecular complexity index is 603. The van der Waals surface area contributed by atoms with E-state index in [2.05, 4.69) is 6.92 Å². The van der Waals surface area contributed by atoms with Crippen molar-refractivity contribution in [1.29, 1.82) is 0 Å². The molecule has 0 amide bonds. The molecule has 2 aliphatic rings. The van der Waals surface area contributed by atoms with Gasteiger partial charge in [0.05, 0.1) is 19.8 Å². The first-order chi connectivity index (χ1) is 13.4. The smallest absolute Gasteiger partial charge is 0.190 e. The Kier molecular flexibility index (Phi) is 7.31. The lowest BCUT2D eigenvalue weighted by Gasteiger charge is -2.28. The molecule has 3 rings (SSSR count). The zero-order valence-electron chi connectivity index (χ0n) is 16.9. The number of aliphatic hydroxyl groups excluding tert-OH is 2. The average Bonchev–Trinajstić information content (AvgIpc) is 3.15. The summed E-state index contributed by atoms with van der Waals surface area (Å²) in [6.07, 6.45) is -0.00224. The van der Waals surface area contributed by atoms with E-state index in [1.165, 1.54) is 12.8 Å². The Hall–Kier alpha value is -1.22. The normalized spacial score (nSPS) is 29.6. The fourth-order valence-electron chi connectivity index (χ4n) is 3.52. The van der Waals surface area contributed by atoms with Gasteiger partial charge in [-0.15, -0.1) is 0 Å². The number of fused-ring (bicyclic) bond motifs is 1. The van der Waals surface area contributed by atoms with Crippen molar-refractivity contribution in [2.24, 2.45) is 0 Å². The van der Waals surface area contributed by atoms with E-state index in [0.29, 0.717) is 6.61 Å². The first-order valence-electron chi connectivity index (χ1n) is 10.1. The third-order valence-electron chi connectivity index (χ3n) is 4.98. The van der Waals surface area contributed by atoms with Crippen LogP contribution < -0.4 is 4.74 Å². The van der Waals surface area contributed by atoms with Gasteiger partial charge in [-0.2, -0.15) is 0 Å². The average molecular weight is 396 g/mol. The van der Waals surface area contributed by atoms with Gasteiger partial charge in [0.2, 0.25) is 0 Å². The lowest BCUT2D eigenvalue weighted by atomic mass is 10.1. The van der Waals surface area contributed by atoms with Crippen LogP contribution in [0.4, 0.5) is 0 Å². The summed E-state index contributed by atoms with van der Waals surface area (Å²) in [4.78, 5) is 0. The Labute approximate surface area is 166 Å². The second kappa shape index (κ2) is 9.52. The number of rotatable bonds is 10. The van der Waals surface area contributed by atoms with E-state index in [1.807, 2.05) is 38.1 Å². The number of benzene rings is 1. The van der Waals surface area contributed by atoms with Crippen LogP contribution in [0.25, 0.3) is 0 Å². The van der Waals surface area contributed by atoms with E-state index in [0.717, 1.165) is 24.3 Å². The van der Waals surface area contributed by atoms with E-state index in [9.17, 15) is 10.2 Å². The molecule has 7 nitrogen and oxygen atoms in total. The van der Waals surface area contributed by atoms with Gasteiger partial charge < -0.3 is 33.9 Å². The first kappa shape index (κ1) is 21.5. The van der Waals surface area contributed by atoms with Gasteiger partial charge in [0.25, 0.3) is 0 Å². The molecule has 0 spiro atoms. The fourth-order valence-corrected chi connectivity index (χ4v) is 3.52. The van der Waals surface area contributed by atoms with Gasteiger partial charge in [0.1, 0.15) is 30.2 Å². The highest BCUT2D eigenvalue weighted by molar-refractivity contribution is 5.26. The first-order valence-corrected chi connectivity index (χ1v) is 10.1. The summed E-state index contributed by atoms with van der Waals surface area (Å²) >= 11 is 0. The molecule has 0 radical (unpaired) electrons. The van der Waals surface area contributed by atoms with Gasteiger partial charge in [-0.3, -0.25) is 0 Å². The van der Waals surface area contributed by atoms with Crippen LogP contribution in [0.15, 0.2) is 24.3 Å². The van der Waals surface area contributed by atoms with E-state index in [1.54, 1.807) is 0 Å². The van der Waals surface area contributed by atoms with Crippen LogP contribution in [-0.4, -0.2) is 59.9 Å². The number of hydrogen-bond acceptors (Lipinski definition) is 7. The van der Waals surface area contributed by atoms with Crippen molar-refractivity contribution >= 4 is 0 Å². The third kappa shape index (κ3) is 5.23. The van der Waals surface area contributed by atoms with Crippen molar-refractivity contribution in [3.05, 3.63) is 29.8 Å². The molecular weight excluding hydrogens is 364 g/mol. The fraction of sp³-hybridized carbons (Fsp3) is 0.714. The van der Waals surface area contributed by atoms with E-state index in [4.69, 9.17) is 23.7 Å². The minimum absolute atomic E-state index is 0.325. The quantitative estimate of drug-likeness (QED) is 0.587. The van der Waals surface area contributed by atoms with Crippen molar-refractivity contribution in [2.45, 2.75) is 83.1 Å². The Morgan fingerprint density at radius 1 is 1.14 bits per heavy atom. The van der Waals surface area contributed by atoms with Crippen LogP contribution in [0.2, 0.25) is 0 Å². The summed E-state index contributed by atoms with van der Waals surface area (Å²) in [7, 11) is 0. The minimum atomic E-state index is -1.06. The molecule has 0 unspecified atom stereocenters. The number of unbranched alkanes of at least 4 members (excludes halogenated alkanes) is 2. The molecular formula is C21H32O7. The van der Waals surface area contributed by atoms with Gasteiger partial charge in [-0.05, 0) is 38.0 Å². The van der Waals surface area contributed by atoms with Crippen LogP contribution in [0.1, 0.15) is 45.6 Å². The van der Waals surface area contributed by atoms with Crippen LogP contribution in [-0.2, 0) is 25.6 Å². The summed E-state index contributed by atoms with van der Waals surface area (Å²) in [5, 5.41) is 19.4. The van der Waals surface area contributed by atoms with Crippen molar-refractivity contribution in [3.63, 3.8) is 0 Å². The molecule has 0 bridgehead atoms.